The van der Waals surface area contributed by atoms with Gasteiger partial charge in [0.1, 0.15) is 6.33 Å². The van der Waals surface area contributed by atoms with Crippen molar-refractivity contribution in [1.82, 2.24) is 14.9 Å². The highest BCUT2D eigenvalue weighted by Crippen LogP contribution is 2.27. The molecule has 1 heterocycles. The fraction of sp³-hybridized carbons (Fsp3) is 0.125. The molecular formula is C24H22N4O4. The van der Waals surface area contributed by atoms with Gasteiger partial charge in [0.15, 0.2) is 11.5 Å². The SMILES string of the molecule is COc1ccc(C(=O)NCC(=O)Nc2ccc(-n3cnc4ccccc43)cc2)cc1OC. The number of carbonyl (C=O) groups excluding carboxylic acids is 2. The van der Waals surface area contributed by atoms with Gasteiger partial charge in [-0.3, -0.25) is 14.2 Å². The Bertz CT molecular complexity index is 1260. The van der Waals surface area contributed by atoms with Crippen molar-refractivity contribution in [3.05, 3.63) is 78.6 Å². The molecule has 1 aromatic heterocycles. The van der Waals surface area contributed by atoms with Crippen LogP contribution in [0.5, 0.6) is 11.5 Å². The lowest BCUT2D eigenvalue weighted by atomic mass is 10.2. The fourth-order valence-electron chi connectivity index (χ4n) is 3.32. The summed E-state index contributed by atoms with van der Waals surface area (Å²) < 4.78 is 12.3. The van der Waals surface area contributed by atoms with E-state index >= 15 is 0 Å². The molecule has 0 radical (unpaired) electrons. The van der Waals surface area contributed by atoms with Crippen molar-refractivity contribution in [3.63, 3.8) is 0 Å². The molecular weight excluding hydrogens is 408 g/mol. The number of ether oxygens (including phenoxy) is 2. The number of rotatable bonds is 7. The van der Waals surface area contributed by atoms with Crippen LogP contribution in [0.3, 0.4) is 0 Å². The first-order valence-electron chi connectivity index (χ1n) is 9.91. The van der Waals surface area contributed by atoms with Gasteiger partial charge in [-0.1, -0.05) is 12.1 Å². The topological polar surface area (TPSA) is 94.5 Å². The Labute approximate surface area is 184 Å². The Kier molecular flexibility index (Phi) is 6.03. The highest BCUT2D eigenvalue weighted by atomic mass is 16.5. The minimum atomic E-state index is -0.386. The number of anilines is 1. The van der Waals surface area contributed by atoms with E-state index in [0.717, 1.165) is 16.7 Å². The molecule has 8 nitrogen and oxygen atoms in total. The molecule has 162 valence electrons. The van der Waals surface area contributed by atoms with E-state index in [1.54, 1.807) is 36.7 Å². The van der Waals surface area contributed by atoms with Gasteiger partial charge in [0.25, 0.3) is 5.91 Å². The van der Waals surface area contributed by atoms with Crippen molar-refractivity contribution < 1.29 is 19.1 Å². The van der Waals surface area contributed by atoms with E-state index in [9.17, 15) is 9.59 Å². The zero-order valence-corrected chi connectivity index (χ0v) is 17.7. The second-order valence-corrected chi connectivity index (χ2v) is 6.95. The van der Waals surface area contributed by atoms with Crippen LogP contribution in [0.25, 0.3) is 16.7 Å². The van der Waals surface area contributed by atoms with Gasteiger partial charge in [0.2, 0.25) is 5.91 Å². The number of para-hydroxylation sites is 2. The normalized spacial score (nSPS) is 10.6. The van der Waals surface area contributed by atoms with Crippen LogP contribution in [-0.2, 0) is 4.79 Å². The van der Waals surface area contributed by atoms with Crippen LogP contribution in [-0.4, -0.2) is 42.1 Å². The summed E-state index contributed by atoms with van der Waals surface area (Å²) >= 11 is 0. The monoisotopic (exact) mass is 430 g/mol. The zero-order valence-electron chi connectivity index (χ0n) is 17.7. The molecule has 3 aromatic carbocycles. The van der Waals surface area contributed by atoms with Crippen molar-refractivity contribution in [2.24, 2.45) is 0 Å². The number of hydrogen-bond acceptors (Lipinski definition) is 5. The maximum atomic E-state index is 12.4. The van der Waals surface area contributed by atoms with E-state index in [0.29, 0.717) is 22.7 Å². The molecule has 0 atom stereocenters. The highest BCUT2D eigenvalue weighted by Gasteiger charge is 2.12. The van der Waals surface area contributed by atoms with Crippen LogP contribution < -0.4 is 20.1 Å². The average Bonchev–Trinajstić information content (AvgIpc) is 3.26. The van der Waals surface area contributed by atoms with Crippen molar-refractivity contribution in [1.29, 1.82) is 0 Å². The number of imidazole rings is 1. The lowest BCUT2D eigenvalue weighted by Crippen LogP contribution is -2.32. The van der Waals surface area contributed by atoms with Crippen LogP contribution in [0.1, 0.15) is 10.4 Å². The van der Waals surface area contributed by atoms with E-state index in [1.165, 1.54) is 14.2 Å². The van der Waals surface area contributed by atoms with Crippen molar-refractivity contribution in [2.75, 3.05) is 26.1 Å². The summed E-state index contributed by atoms with van der Waals surface area (Å²) in [6, 6.07) is 20.1. The van der Waals surface area contributed by atoms with E-state index in [4.69, 9.17) is 9.47 Å². The number of fused-ring (bicyclic) bond motifs is 1. The number of benzene rings is 3. The number of carbonyl (C=O) groups is 2. The third kappa shape index (κ3) is 4.39. The van der Waals surface area contributed by atoms with E-state index in [1.807, 2.05) is 41.0 Å². The molecule has 0 fully saturated rings. The quantitative estimate of drug-likeness (QED) is 0.469. The number of amides is 2. The lowest BCUT2D eigenvalue weighted by molar-refractivity contribution is -0.115. The van der Waals surface area contributed by atoms with Gasteiger partial charge in [-0.2, -0.15) is 0 Å². The second-order valence-electron chi connectivity index (χ2n) is 6.95. The van der Waals surface area contributed by atoms with Gasteiger partial charge in [-0.15, -0.1) is 0 Å². The van der Waals surface area contributed by atoms with Crippen LogP contribution in [0, 0.1) is 0 Å². The maximum absolute atomic E-state index is 12.4. The van der Waals surface area contributed by atoms with Crippen LogP contribution in [0.4, 0.5) is 5.69 Å². The molecule has 0 saturated carbocycles. The molecule has 0 spiro atoms. The molecule has 2 amide bonds. The van der Waals surface area contributed by atoms with Gasteiger partial charge < -0.3 is 20.1 Å². The number of nitrogens with zero attached hydrogens (tertiary/aromatic N) is 2. The fourth-order valence-corrected chi connectivity index (χ4v) is 3.32. The Morgan fingerprint density at radius 3 is 2.44 bits per heavy atom. The molecule has 0 aliphatic rings. The largest absolute Gasteiger partial charge is 0.493 e. The molecule has 8 heteroatoms. The third-order valence-electron chi connectivity index (χ3n) is 4.94. The molecule has 2 N–H and O–H groups in total. The van der Waals surface area contributed by atoms with Crippen molar-refractivity contribution >= 4 is 28.5 Å². The van der Waals surface area contributed by atoms with Crippen LogP contribution >= 0.6 is 0 Å². The third-order valence-corrected chi connectivity index (χ3v) is 4.94. The summed E-state index contributed by atoms with van der Waals surface area (Å²) in [5.74, 6) is 0.243. The summed E-state index contributed by atoms with van der Waals surface area (Å²) in [5.41, 5.74) is 3.84. The van der Waals surface area contributed by atoms with E-state index in [-0.39, 0.29) is 18.4 Å². The van der Waals surface area contributed by atoms with Gasteiger partial charge in [0.05, 0.1) is 31.8 Å². The first kappa shape index (κ1) is 20.9. The smallest absolute Gasteiger partial charge is 0.251 e. The molecule has 0 unspecified atom stereocenters. The first-order chi connectivity index (χ1) is 15.6. The van der Waals surface area contributed by atoms with Gasteiger partial charge in [0, 0.05) is 16.9 Å². The Hall–Kier alpha value is -4.33. The standard InChI is InChI=1S/C24H22N4O4/c1-31-21-12-7-16(13-22(21)32-2)24(30)25-14-23(29)27-17-8-10-18(11-9-17)28-15-26-19-5-3-4-6-20(19)28/h3-13,15H,14H2,1-2H3,(H,25,30)(H,27,29). The zero-order chi connectivity index (χ0) is 22.5. The summed E-state index contributed by atoms with van der Waals surface area (Å²) in [5, 5.41) is 5.38. The number of aromatic nitrogens is 2. The van der Waals surface area contributed by atoms with E-state index < -0.39 is 0 Å². The maximum Gasteiger partial charge on any atom is 0.251 e. The molecule has 0 aliphatic carbocycles. The van der Waals surface area contributed by atoms with E-state index in [2.05, 4.69) is 15.6 Å². The molecule has 32 heavy (non-hydrogen) atoms. The minimum Gasteiger partial charge on any atom is -0.493 e. The molecule has 4 aromatic rings. The van der Waals surface area contributed by atoms with Crippen molar-refractivity contribution in [3.8, 4) is 17.2 Å². The number of hydrogen-bond donors (Lipinski definition) is 2. The molecule has 4 rings (SSSR count). The second kappa shape index (κ2) is 9.22. The highest BCUT2D eigenvalue weighted by molar-refractivity contribution is 5.99. The summed E-state index contributed by atoms with van der Waals surface area (Å²) in [6.07, 6.45) is 1.77. The molecule has 0 aliphatic heterocycles. The van der Waals surface area contributed by atoms with Gasteiger partial charge in [-0.05, 0) is 54.6 Å². The lowest BCUT2D eigenvalue weighted by Gasteiger charge is -2.11. The average molecular weight is 430 g/mol. The van der Waals surface area contributed by atoms with Gasteiger partial charge >= 0.3 is 0 Å². The molecule has 0 saturated heterocycles. The Balaban J connectivity index is 1.36. The summed E-state index contributed by atoms with van der Waals surface area (Å²) in [6.45, 7) is -0.166. The molecule has 0 bridgehead atoms. The minimum absolute atomic E-state index is 0.166. The van der Waals surface area contributed by atoms with Crippen LogP contribution in [0.15, 0.2) is 73.1 Å². The number of methoxy groups -OCH3 is 2. The van der Waals surface area contributed by atoms with Crippen LogP contribution in [0.2, 0.25) is 0 Å². The summed E-state index contributed by atoms with van der Waals surface area (Å²) in [4.78, 5) is 29.0. The predicted octanol–water partition coefficient (Wildman–Crippen LogP) is 3.41. The Morgan fingerprint density at radius 2 is 1.69 bits per heavy atom. The van der Waals surface area contributed by atoms with Crippen molar-refractivity contribution in [2.45, 2.75) is 0 Å². The first-order valence-corrected chi connectivity index (χ1v) is 9.91. The number of nitrogens with one attached hydrogen (secondary N) is 2. The summed E-state index contributed by atoms with van der Waals surface area (Å²) in [7, 11) is 3.01. The van der Waals surface area contributed by atoms with Gasteiger partial charge in [-0.25, -0.2) is 4.98 Å². The predicted molar refractivity (Wildman–Crippen MR) is 122 cm³/mol. The Morgan fingerprint density at radius 1 is 0.938 bits per heavy atom.